The van der Waals surface area contributed by atoms with Gasteiger partial charge in [0.1, 0.15) is 5.75 Å². The number of rotatable bonds is 4. The fourth-order valence-electron chi connectivity index (χ4n) is 2.55. The van der Waals surface area contributed by atoms with Crippen LogP contribution >= 0.6 is 0 Å². The van der Waals surface area contributed by atoms with Crippen molar-refractivity contribution in [1.82, 2.24) is 14.9 Å². The average molecular weight is 298 g/mol. The van der Waals surface area contributed by atoms with E-state index in [9.17, 15) is 4.79 Å². The van der Waals surface area contributed by atoms with Gasteiger partial charge in [0.2, 0.25) is 11.9 Å². The molecule has 0 saturated heterocycles. The molecule has 2 heterocycles. The minimum Gasteiger partial charge on any atom is -0.497 e. The predicted octanol–water partition coefficient (Wildman–Crippen LogP) is 1.54. The van der Waals surface area contributed by atoms with Crippen LogP contribution in [0.5, 0.6) is 5.75 Å². The van der Waals surface area contributed by atoms with Gasteiger partial charge < -0.3 is 15.4 Å². The minimum absolute atomic E-state index is 0.118. The van der Waals surface area contributed by atoms with E-state index >= 15 is 0 Å². The molecule has 6 nitrogen and oxygen atoms in total. The van der Waals surface area contributed by atoms with Crippen molar-refractivity contribution in [2.24, 2.45) is 0 Å². The van der Waals surface area contributed by atoms with Crippen molar-refractivity contribution in [3.63, 3.8) is 0 Å². The van der Waals surface area contributed by atoms with Crippen LogP contribution in [0, 0.1) is 0 Å². The molecule has 0 bridgehead atoms. The van der Waals surface area contributed by atoms with Gasteiger partial charge >= 0.3 is 0 Å². The van der Waals surface area contributed by atoms with Gasteiger partial charge in [0, 0.05) is 24.7 Å². The number of ether oxygens (including phenoxy) is 1. The molecule has 1 aromatic carbocycles. The van der Waals surface area contributed by atoms with Crippen LogP contribution in [0.2, 0.25) is 0 Å². The first-order valence-electron chi connectivity index (χ1n) is 7.16. The third-order valence-corrected chi connectivity index (χ3v) is 3.81. The zero-order valence-corrected chi connectivity index (χ0v) is 12.5. The van der Waals surface area contributed by atoms with Crippen LogP contribution in [0.15, 0.2) is 30.5 Å². The van der Waals surface area contributed by atoms with Gasteiger partial charge in [-0.3, -0.25) is 4.79 Å². The summed E-state index contributed by atoms with van der Waals surface area (Å²) >= 11 is 0. The summed E-state index contributed by atoms with van der Waals surface area (Å²) in [6, 6.07) is 7.78. The monoisotopic (exact) mass is 298 g/mol. The number of carbonyl (C=O) groups excluding carboxylic acids is 1. The maximum atomic E-state index is 12.3. The highest BCUT2D eigenvalue weighted by atomic mass is 16.5. The number of nitrogens with two attached hydrogens (primary N) is 1. The summed E-state index contributed by atoms with van der Waals surface area (Å²) in [4.78, 5) is 22.3. The molecule has 6 heteroatoms. The molecule has 1 aliphatic heterocycles. The Morgan fingerprint density at radius 2 is 2.09 bits per heavy atom. The molecule has 114 valence electrons. The van der Waals surface area contributed by atoms with E-state index in [-0.39, 0.29) is 11.9 Å². The lowest BCUT2D eigenvalue weighted by atomic mass is 10.1. The minimum atomic E-state index is 0.118. The highest BCUT2D eigenvalue weighted by Gasteiger charge is 2.24. The first-order valence-corrected chi connectivity index (χ1v) is 7.16. The number of amides is 1. The normalized spacial score (nSPS) is 13.0. The lowest BCUT2D eigenvalue weighted by molar-refractivity contribution is -0.131. The second-order valence-corrected chi connectivity index (χ2v) is 5.30. The Labute approximate surface area is 128 Å². The summed E-state index contributed by atoms with van der Waals surface area (Å²) in [5.41, 5.74) is 8.53. The molecule has 0 fully saturated rings. The van der Waals surface area contributed by atoms with Gasteiger partial charge in [0.15, 0.2) is 0 Å². The quantitative estimate of drug-likeness (QED) is 0.926. The fourth-order valence-corrected chi connectivity index (χ4v) is 2.55. The van der Waals surface area contributed by atoms with Crippen molar-refractivity contribution >= 4 is 11.9 Å². The lowest BCUT2D eigenvalue weighted by Crippen LogP contribution is -2.25. The maximum absolute atomic E-state index is 12.3. The lowest BCUT2D eigenvalue weighted by Gasteiger charge is -2.14. The Morgan fingerprint density at radius 1 is 1.32 bits per heavy atom. The summed E-state index contributed by atoms with van der Waals surface area (Å²) in [6.45, 7) is 1.08. The van der Waals surface area contributed by atoms with Crippen LogP contribution < -0.4 is 10.5 Å². The number of nitrogen functional groups attached to an aromatic ring is 1. The molecule has 0 atom stereocenters. The molecule has 0 saturated carbocycles. The van der Waals surface area contributed by atoms with E-state index in [1.54, 1.807) is 18.2 Å². The number of fused-ring (bicyclic) bond motifs is 1. The maximum Gasteiger partial charge on any atom is 0.223 e. The summed E-state index contributed by atoms with van der Waals surface area (Å²) in [6.07, 6.45) is 2.89. The number of hydrogen-bond donors (Lipinski definition) is 1. The van der Waals surface area contributed by atoms with Crippen LogP contribution in [0.4, 0.5) is 5.95 Å². The van der Waals surface area contributed by atoms with Crippen molar-refractivity contribution in [3.8, 4) is 5.75 Å². The van der Waals surface area contributed by atoms with Gasteiger partial charge in [-0.2, -0.15) is 0 Å². The fraction of sp³-hybridized carbons (Fsp3) is 0.312. The van der Waals surface area contributed by atoms with Crippen molar-refractivity contribution in [1.29, 1.82) is 0 Å². The van der Waals surface area contributed by atoms with E-state index in [1.807, 2.05) is 24.3 Å². The number of aromatic nitrogens is 2. The van der Waals surface area contributed by atoms with E-state index < -0.39 is 0 Å². The SMILES string of the molecule is COc1ccc(CCC(=O)N2Cc3cnc(N)nc3C2)cc1. The predicted molar refractivity (Wildman–Crippen MR) is 82.0 cm³/mol. The van der Waals surface area contributed by atoms with Crippen molar-refractivity contribution in [2.75, 3.05) is 12.8 Å². The molecule has 1 amide bonds. The second kappa shape index (κ2) is 6.01. The highest BCUT2D eigenvalue weighted by molar-refractivity contribution is 5.77. The van der Waals surface area contributed by atoms with E-state index in [4.69, 9.17) is 10.5 Å². The molecule has 0 unspecified atom stereocenters. The van der Waals surface area contributed by atoms with Gasteiger partial charge in [-0.1, -0.05) is 12.1 Å². The van der Waals surface area contributed by atoms with Gasteiger partial charge in [0.05, 0.1) is 19.3 Å². The van der Waals surface area contributed by atoms with Gasteiger partial charge in [-0.05, 0) is 24.1 Å². The third kappa shape index (κ3) is 3.00. The molecule has 3 rings (SSSR count). The van der Waals surface area contributed by atoms with Crippen molar-refractivity contribution < 1.29 is 9.53 Å². The van der Waals surface area contributed by atoms with Crippen LogP contribution in [-0.2, 0) is 24.3 Å². The molecule has 0 aliphatic carbocycles. The van der Waals surface area contributed by atoms with E-state index in [2.05, 4.69) is 9.97 Å². The van der Waals surface area contributed by atoms with Gasteiger partial charge in [0.25, 0.3) is 0 Å². The number of anilines is 1. The zero-order valence-electron chi connectivity index (χ0n) is 12.5. The topological polar surface area (TPSA) is 81.3 Å². The molecule has 1 aliphatic rings. The summed E-state index contributed by atoms with van der Waals surface area (Å²) in [5, 5.41) is 0. The molecule has 2 N–H and O–H groups in total. The average Bonchev–Trinajstić information content (AvgIpc) is 2.96. The number of aryl methyl sites for hydroxylation is 1. The standard InChI is InChI=1S/C16H18N4O2/c1-22-13-5-2-11(3-6-13)4-7-15(21)20-9-12-8-18-16(17)19-14(12)10-20/h2-3,5-6,8H,4,7,9-10H2,1H3,(H2,17,18,19). The van der Waals surface area contributed by atoms with E-state index in [0.29, 0.717) is 25.9 Å². The third-order valence-electron chi connectivity index (χ3n) is 3.81. The molecule has 1 aromatic heterocycles. The van der Waals surface area contributed by atoms with E-state index in [0.717, 1.165) is 22.6 Å². The van der Waals surface area contributed by atoms with Crippen LogP contribution in [-0.4, -0.2) is 27.9 Å². The van der Waals surface area contributed by atoms with Gasteiger partial charge in [-0.25, -0.2) is 9.97 Å². The number of nitrogens with zero attached hydrogens (tertiary/aromatic N) is 3. The Hall–Kier alpha value is -2.63. The summed E-state index contributed by atoms with van der Waals surface area (Å²) < 4.78 is 5.12. The van der Waals surface area contributed by atoms with Gasteiger partial charge in [-0.15, -0.1) is 0 Å². The Kier molecular flexibility index (Phi) is 3.91. The Balaban J connectivity index is 1.57. The van der Waals surface area contributed by atoms with Crippen LogP contribution in [0.3, 0.4) is 0 Å². The molecule has 0 radical (unpaired) electrons. The van der Waals surface area contributed by atoms with E-state index in [1.165, 1.54) is 0 Å². The Morgan fingerprint density at radius 3 is 2.82 bits per heavy atom. The first-order chi connectivity index (χ1) is 10.7. The Bertz CT molecular complexity index is 685. The smallest absolute Gasteiger partial charge is 0.223 e. The number of benzene rings is 1. The van der Waals surface area contributed by atoms with Crippen molar-refractivity contribution in [2.45, 2.75) is 25.9 Å². The number of methoxy groups -OCH3 is 1. The van der Waals surface area contributed by atoms with Crippen molar-refractivity contribution in [3.05, 3.63) is 47.3 Å². The zero-order chi connectivity index (χ0) is 15.5. The largest absolute Gasteiger partial charge is 0.497 e. The van der Waals surface area contributed by atoms with Crippen LogP contribution in [0.1, 0.15) is 23.2 Å². The molecular formula is C16H18N4O2. The number of carbonyl (C=O) groups is 1. The van der Waals surface area contributed by atoms with Crippen LogP contribution in [0.25, 0.3) is 0 Å². The summed E-state index contributed by atoms with van der Waals surface area (Å²) in [7, 11) is 1.64. The molecule has 0 spiro atoms. The molecule has 22 heavy (non-hydrogen) atoms. The number of hydrogen-bond acceptors (Lipinski definition) is 5. The molecule has 2 aromatic rings. The highest BCUT2D eigenvalue weighted by Crippen LogP contribution is 2.22. The summed E-state index contributed by atoms with van der Waals surface area (Å²) in [5.74, 6) is 1.19. The molecular weight excluding hydrogens is 280 g/mol. The second-order valence-electron chi connectivity index (χ2n) is 5.30. The first kappa shape index (κ1) is 14.3.